The average Bonchev–Trinajstić information content (AvgIpc) is 2.80. The monoisotopic (exact) mass is 376 g/mol. The van der Waals surface area contributed by atoms with E-state index in [2.05, 4.69) is 16.0 Å². The number of hydrazine groups is 1. The topological polar surface area (TPSA) is 85.2 Å². The minimum absolute atomic E-state index is 0.208. The summed E-state index contributed by atoms with van der Waals surface area (Å²) >= 11 is 6.08. The van der Waals surface area contributed by atoms with E-state index in [-0.39, 0.29) is 6.61 Å². The molecule has 0 atom stereocenters. The van der Waals surface area contributed by atoms with Crippen LogP contribution in [0.3, 0.4) is 0 Å². The lowest BCUT2D eigenvalue weighted by molar-refractivity contribution is -0.128. The summed E-state index contributed by atoms with van der Waals surface area (Å²) in [5.74, 6) is -0.365. The fraction of sp³-hybridized carbons (Fsp3) is 0.278. The molecule has 0 fully saturated rings. The Kier molecular flexibility index (Phi) is 6.41. The van der Waals surface area contributed by atoms with Gasteiger partial charge in [0.2, 0.25) is 0 Å². The number of aryl methyl sites for hydroxylation is 4. The molecule has 2 aromatic rings. The van der Waals surface area contributed by atoms with E-state index in [0.29, 0.717) is 22.2 Å². The van der Waals surface area contributed by atoms with E-state index in [0.717, 1.165) is 11.1 Å². The minimum Gasteiger partial charge on any atom is -0.484 e. The smallest absolute Gasteiger partial charge is 0.276 e. The van der Waals surface area contributed by atoms with Gasteiger partial charge in [0.15, 0.2) is 6.61 Å². The lowest BCUT2D eigenvalue weighted by Gasteiger charge is -2.09. The molecule has 26 heavy (non-hydrogen) atoms. The molecular weight excluding hydrogens is 356 g/mol. The third-order valence-electron chi connectivity index (χ3n) is 3.49. The first-order valence-corrected chi connectivity index (χ1v) is 8.31. The first-order chi connectivity index (χ1) is 12.3. The van der Waals surface area contributed by atoms with Crippen LogP contribution in [0.2, 0.25) is 5.15 Å². The second-order valence-corrected chi connectivity index (χ2v) is 6.25. The van der Waals surface area contributed by atoms with Crippen molar-refractivity contribution in [1.29, 1.82) is 0 Å². The average molecular weight is 377 g/mol. The summed E-state index contributed by atoms with van der Waals surface area (Å²) in [6.07, 6.45) is 2.80. The number of nitrogens with one attached hydrogen (secondary N) is 2. The molecule has 7 nitrogen and oxygen atoms in total. The lowest BCUT2D eigenvalue weighted by atomic mass is 10.1. The summed E-state index contributed by atoms with van der Waals surface area (Å²) in [7, 11) is 1.71. The first kappa shape index (κ1) is 19.5. The van der Waals surface area contributed by atoms with Crippen molar-refractivity contribution >= 4 is 29.5 Å². The molecule has 0 saturated heterocycles. The van der Waals surface area contributed by atoms with Gasteiger partial charge in [0.25, 0.3) is 11.8 Å². The van der Waals surface area contributed by atoms with Crippen LogP contribution in [0.5, 0.6) is 5.75 Å². The van der Waals surface area contributed by atoms with E-state index in [1.165, 1.54) is 16.8 Å². The van der Waals surface area contributed by atoms with E-state index in [1.807, 2.05) is 32.0 Å². The molecule has 2 N–H and O–H groups in total. The molecule has 2 amide bonds. The zero-order chi connectivity index (χ0) is 19.3. The van der Waals surface area contributed by atoms with Gasteiger partial charge in [-0.1, -0.05) is 17.7 Å². The number of ether oxygens (including phenoxy) is 1. The molecule has 0 saturated carbocycles. The molecule has 1 aromatic carbocycles. The highest BCUT2D eigenvalue weighted by molar-refractivity contribution is 6.31. The summed E-state index contributed by atoms with van der Waals surface area (Å²) in [5.41, 5.74) is 8.00. The third kappa shape index (κ3) is 5.35. The minimum atomic E-state index is -0.496. The fourth-order valence-electron chi connectivity index (χ4n) is 2.37. The molecule has 0 radical (unpaired) electrons. The zero-order valence-electron chi connectivity index (χ0n) is 15.1. The summed E-state index contributed by atoms with van der Waals surface area (Å²) in [6, 6.07) is 5.68. The van der Waals surface area contributed by atoms with Crippen molar-refractivity contribution in [3.63, 3.8) is 0 Å². The Morgan fingerprint density at radius 1 is 1.19 bits per heavy atom. The summed E-state index contributed by atoms with van der Waals surface area (Å²) in [6.45, 7) is 5.47. The number of hydrogen-bond donors (Lipinski definition) is 2. The van der Waals surface area contributed by atoms with Gasteiger partial charge in [-0.2, -0.15) is 5.10 Å². The van der Waals surface area contributed by atoms with Crippen molar-refractivity contribution in [2.45, 2.75) is 20.8 Å². The number of rotatable bonds is 5. The molecule has 0 aliphatic carbocycles. The molecule has 0 unspecified atom stereocenters. The van der Waals surface area contributed by atoms with Gasteiger partial charge in [0, 0.05) is 18.7 Å². The molecule has 0 spiro atoms. The quantitative estimate of drug-likeness (QED) is 0.619. The number of nitrogens with zero attached hydrogens (tertiary/aromatic N) is 2. The maximum atomic E-state index is 11.8. The first-order valence-electron chi connectivity index (χ1n) is 7.93. The second-order valence-electron chi connectivity index (χ2n) is 5.90. The second kappa shape index (κ2) is 8.53. The Hall–Kier alpha value is -2.80. The highest BCUT2D eigenvalue weighted by Gasteiger charge is 2.09. The maximum absolute atomic E-state index is 11.8. The molecule has 0 aliphatic heterocycles. The Morgan fingerprint density at radius 3 is 2.42 bits per heavy atom. The number of aromatic nitrogens is 2. The van der Waals surface area contributed by atoms with Crippen LogP contribution >= 0.6 is 11.6 Å². The van der Waals surface area contributed by atoms with Crippen molar-refractivity contribution < 1.29 is 14.3 Å². The van der Waals surface area contributed by atoms with Gasteiger partial charge in [-0.05, 0) is 50.1 Å². The van der Waals surface area contributed by atoms with Crippen molar-refractivity contribution in [3.05, 3.63) is 51.8 Å². The number of halogens is 1. The highest BCUT2D eigenvalue weighted by atomic mass is 35.5. The number of benzene rings is 1. The van der Waals surface area contributed by atoms with Gasteiger partial charge in [0.05, 0.1) is 5.69 Å². The molecule has 1 heterocycles. The van der Waals surface area contributed by atoms with Gasteiger partial charge >= 0.3 is 0 Å². The Bertz CT molecular complexity index is 838. The van der Waals surface area contributed by atoms with Crippen LogP contribution in [0.25, 0.3) is 6.08 Å². The zero-order valence-corrected chi connectivity index (χ0v) is 15.8. The van der Waals surface area contributed by atoms with Crippen LogP contribution in [0.4, 0.5) is 0 Å². The van der Waals surface area contributed by atoms with E-state index in [1.54, 1.807) is 14.0 Å². The molecule has 1 aromatic heterocycles. The van der Waals surface area contributed by atoms with Gasteiger partial charge in [-0.25, -0.2) is 0 Å². The number of hydrogen-bond acceptors (Lipinski definition) is 4. The Labute approximate surface area is 157 Å². The number of amides is 2. The SMILES string of the molecule is Cc1cc(C)cc(OCC(=O)NNC(=O)/C=C/c2c(C)nn(C)c2Cl)c1. The molecule has 138 valence electrons. The molecule has 2 rings (SSSR count). The molecular formula is C18H21ClN4O3. The fourth-order valence-corrected chi connectivity index (χ4v) is 2.61. The van der Waals surface area contributed by atoms with Crippen LogP contribution in [0.1, 0.15) is 22.4 Å². The molecule has 0 bridgehead atoms. The normalized spacial score (nSPS) is 10.8. The van der Waals surface area contributed by atoms with Gasteiger partial charge in [0.1, 0.15) is 10.9 Å². The van der Waals surface area contributed by atoms with Gasteiger partial charge in [-0.3, -0.25) is 25.1 Å². The Balaban J connectivity index is 1.81. The summed E-state index contributed by atoms with van der Waals surface area (Å²) in [4.78, 5) is 23.6. The van der Waals surface area contributed by atoms with E-state index < -0.39 is 11.8 Å². The van der Waals surface area contributed by atoms with Crippen LogP contribution in [0, 0.1) is 20.8 Å². The summed E-state index contributed by atoms with van der Waals surface area (Å²) < 4.78 is 6.93. The molecule has 8 heteroatoms. The van der Waals surface area contributed by atoms with Crippen LogP contribution in [-0.2, 0) is 16.6 Å². The van der Waals surface area contributed by atoms with Crippen molar-refractivity contribution in [2.24, 2.45) is 7.05 Å². The third-order valence-corrected chi connectivity index (χ3v) is 3.94. The van der Waals surface area contributed by atoms with Gasteiger partial charge < -0.3 is 4.74 Å². The van der Waals surface area contributed by atoms with E-state index >= 15 is 0 Å². The van der Waals surface area contributed by atoms with Crippen molar-refractivity contribution in [1.82, 2.24) is 20.6 Å². The molecule has 0 aliphatic rings. The predicted octanol–water partition coefficient (Wildman–Crippen LogP) is 2.24. The van der Waals surface area contributed by atoms with Crippen LogP contribution in [-0.4, -0.2) is 28.2 Å². The largest absolute Gasteiger partial charge is 0.484 e. The maximum Gasteiger partial charge on any atom is 0.276 e. The van der Waals surface area contributed by atoms with E-state index in [9.17, 15) is 9.59 Å². The Morgan fingerprint density at radius 2 is 1.85 bits per heavy atom. The standard InChI is InChI=1S/C18H21ClN4O3/c1-11-7-12(2)9-14(8-11)26-10-17(25)21-20-16(24)6-5-15-13(3)22-23(4)18(15)19/h5-9H,10H2,1-4H3,(H,20,24)(H,21,25)/b6-5+. The number of carbonyl (C=O) groups excluding carboxylic acids is 2. The lowest BCUT2D eigenvalue weighted by Crippen LogP contribution is -2.43. The summed E-state index contributed by atoms with van der Waals surface area (Å²) in [5, 5.41) is 4.57. The predicted molar refractivity (Wildman–Crippen MR) is 99.7 cm³/mol. The van der Waals surface area contributed by atoms with Crippen LogP contribution in [0.15, 0.2) is 24.3 Å². The highest BCUT2D eigenvalue weighted by Crippen LogP contribution is 2.19. The number of carbonyl (C=O) groups is 2. The van der Waals surface area contributed by atoms with Crippen molar-refractivity contribution in [3.8, 4) is 5.75 Å². The van der Waals surface area contributed by atoms with Crippen molar-refractivity contribution in [2.75, 3.05) is 6.61 Å². The van der Waals surface area contributed by atoms with Crippen LogP contribution < -0.4 is 15.6 Å². The van der Waals surface area contributed by atoms with Gasteiger partial charge in [-0.15, -0.1) is 0 Å². The van der Waals surface area contributed by atoms with E-state index in [4.69, 9.17) is 16.3 Å².